The molecule has 0 atom stereocenters. The Labute approximate surface area is 281 Å². The standard InChI is InChI=1S/C42H26N6O/c1-3-7-27(8-4-1)29-15-19-43-37(25-29)35-17-21-45-41(47-35)31-11-13-39-33(23-31)34-24-32(12-14-40(34)49-39)42-46-22-18-36(48-42)38-26-30(16-20-44-38)28-9-5-2-6-10-28/h1-26H. The molecule has 0 unspecified atom stereocenters. The number of aromatic nitrogens is 6. The van der Waals surface area contributed by atoms with Crippen molar-refractivity contribution in [3.63, 3.8) is 0 Å². The molecule has 0 saturated heterocycles. The van der Waals surface area contributed by atoms with Crippen molar-refractivity contribution in [2.45, 2.75) is 0 Å². The largest absolute Gasteiger partial charge is 0.456 e. The van der Waals surface area contributed by atoms with E-state index in [1.54, 1.807) is 12.4 Å². The van der Waals surface area contributed by atoms with Crippen molar-refractivity contribution in [2.24, 2.45) is 0 Å². The zero-order chi connectivity index (χ0) is 32.6. The second kappa shape index (κ2) is 12.1. The van der Waals surface area contributed by atoms with E-state index in [1.807, 2.05) is 97.3 Å². The van der Waals surface area contributed by atoms with E-state index < -0.39 is 0 Å². The summed E-state index contributed by atoms with van der Waals surface area (Å²) in [6.07, 6.45) is 7.19. The van der Waals surface area contributed by atoms with Gasteiger partial charge in [-0.1, -0.05) is 60.7 Å². The van der Waals surface area contributed by atoms with Crippen LogP contribution in [0.5, 0.6) is 0 Å². The quantitative estimate of drug-likeness (QED) is 0.181. The molecular formula is C42H26N6O. The lowest BCUT2D eigenvalue weighted by atomic mass is 10.0. The van der Waals surface area contributed by atoms with E-state index in [0.29, 0.717) is 11.6 Å². The van der Waals surface area contributed by atoms with E-state index in [2.05, 4.69) is 68.5 Å². The predicted octanol–water partition coefficient (Wildman–Crippen LogP) is 9.96. The molecule has 0 spiro atoms. The zero-order valence-corrected chi connectivity index (χ0v) is 26.1. The van der Waals surface area contributed by atoms with Gasteiger partial charge in [0.15, 0.2) is 11.6 Å². The average molecular weight is 631 g/mol. The van der Waals surface area contributed by atoms with Gasteiger partial charge in [0.2, 0.25) is 0 Å². The zero-order valence-electron chi connectivity index (χ0n) is 26.1. The van der Waals surface area contributed by atoms with E-state index in [1.165, 1.54) is 0 Å². The van der Waals surface area contributed by atoms with E-state index in [-0.39, 0.29) is 0 Å². The van der Waals surface area contributed by atoms with E-state index in [9.17, 15) is 0 Å². The minimum atomic E-state index is 0.609. The van der Waals surface area contributed by atoms with Gasteiger partial charge in [-0.05, 0) is 95.1 Å². The summed E-state index contributed by atoms with van der Waals surface area (Å²) in [5.41, 5.74) is 10.8. The second-order valence-electron chi connectivity index (χ2n) is 11.6. The van der Waals surface area contributed by atoms with Gasteiger partial charge in [-0.2, -0.15) is 0 Å². The van der Waals surface area contributed by atoms with Crippen molar-refractivity contribution in [1.82, 2.24) is 29.9 Å². The molecule has 0 saturated carbocycles. The predicted molar refractivity (Wildman–Crippen MR) is 193 cm³/mol. The lowest BCUT2D eigenvalue weighted by molar-refractivity contribution is 0.669. The molecule has 9 aromatic rings. The first-order valence-electron chi connectivity index (χ1n) is 15.9. The normalized spacial score (nSPS) is 11.3. The van der Waals surface area contributed by atoms with Gasteiger partial charge in [0.25, 0.3) is 0 Å². The van der Waals surface area contributed by atoms with Crippen LogP contribution < -0.4 is 0 Å². The number of furan rings is 1. The Hall–Kier alpha value is -6.86. The Kier molecular flexibility index (Phi) is 6.98. The van der Waals surface area contributed by atoms with Crippen molar-refractivity contribution in [3.8, 4) is 67.8 Å². The van der Waals surface area contributed by atoms with Crippen LogP contribution in [0.1, 0.15) is 0 Å². The first-order chi connectivity index (χ1) is 24.2. The number of rotatable bonds is 6. The van der Waals surface area contributed by atoms with Crippen molar-refractivity contribution >= 4 is 21.9 Å². The smallest absolute Gasteiger partial charge is 0.159 e. The molecule has 9 rings (SSSR count). The monoisotopic (exact) mass is 630 g/mol. The molecule has 4 aromatic carbocycles. The van der Waals surface area contributed by atoms with Crippen LogP contribution in [0.4, 0.5) is 0 Å². The van der Waals surface area contributed by atoms with E-state index in [0.717, 1.165) is 78.1 Å². The molecule has 0 bridgehead atoms. The number of fused-ring (bicyclic) bond motifs is 3. The molecule has 5 aromatic heterocycles. The molecule has 0 N–H and O–H groups in total. The topological polar surface area (TPSA) is 90.5 Å². The number of hydrogen-bond donors (Lipinski definition) is 0. The molecule has 5 heterocycles. The maximum Gasteiger partial charge on any atom is 0.159 e. The molecule has 0 amide bonds. The molecule has 49 heavy (non-hydrogen) atoms. The van der Waals surface area contributed by atoms with Crippen LogP contribution >= 0.6 is 0 Å². The number of nitrogens with zero attached hydrogens (tertiary/aromatic N) is 6. The Bertz CT molecular complexity index is 2440. The average Bonchev–Trinajstić information content (AvgIpc) is 3.56. The van der Waals surface area contributed by atoms with E-state index >= 15 is 0 Å². The number of hydrogen-bond acceptors (Lipinski definition) is 7. The molecular weight excluding hydrogens is 605 g/mol. The van der Waals surface area contributed by atoms with Gasteiger partial charge in [-0.3, -0.25) is 9.97 Å². The molecule has 0 fully saturated rings. The molecule has 0 radical (unpaired) electrons. The van der Waals surface area contributed by atoms with Crippen LogP contribution in [-0.4, -0.2) is 29.9 Å². The van der Waals surface area contributed by atoms with Crippen LogP contribution in [0.15, 0.2) is 163 Å². The SMILES string of the molecule is c1ccc(-c2ccnc(-c3ccnc(-c4ccc5oc6ccc(-c7nccc(-c8cc(-c9ccccc9)ccn8)n7)cc6c5c4)n3)c2)cc1. The summed E-state index contributed by atoms with van der Waals surface area (Å²) in [7, 11) is 0. The van der Waals surface area contributed by atoms with Crippen molar-refractivity contribution in [2.75, 3.05) is 0 Å². The fourth-order valence-corrected chi connectivity index (χ4v) is 6.10. The van der Waals surface area contributed by atoms with Crippen molar-refractivity contribution in [1.29, 1.82) is 0 Å². The second-order valence-corrected chi connectivity index (χ2v) is 11.6. The van der Waals surface area contributed by atoms with Crippen LogP contribution in [-0.2, 0) is 0 Å². The maximum atomic E-state index is 6.23. The minimum absolute atomic E-state index is 0.609. The third kappa shape index (κ3) is 5.49. The molecule has 7 heteroatoms. The molecule has 0 aliphatic carbocycles. The highest BCUT2D eigenvalue weighted by Gasteiger charge is 2.14. The fourth-order valence-electron chi connectivity index (χ4n) is 6.10. The Balaban J connectivity index is 1.06. The highest BCUT2D eigenvalue weighted by atomic mass is 16.3. The first kappa shape index (κ1) is 28.4. The minimum Gasteiger partial charge on any atom is -0.456 e. The number of benzene rings is 4. The third-order valence-corrected chi connectivity index (χ3v) is 8.56. The van der Waals surface area contributed by atoms with Gasteiger partial charge in [0.1, 0.15) is 11.2 Å². The van der Waals surface area contributed by atoms with Crippen LogP contribution in [0, 0.1) is 0 Å². The highest BCUT2D eigenvalue weighted by molar-refractivity contribution is 6.07. The summed E-state index contributed by atoms with van der Waals surface area (Å²) < 4.78 is 6.23. The summed E-state index contributed by atoms with van der Waals surface area (Å²) in [6, 6.07) is 44.5. The summed E-state index contributed by atoms with van der Waals surface area (Å²) >= 11 is 0. The fraction of sp³-hybridized carbons (Fsp3) is 0. The summed E-state index contributed by atoms with van der Waals surface area (Å²) in [4.78, 5) is 28.3. The van der Waals surface area contributed by atoms with Crippen LogP contribution in [0.25, 0.3) is 89.7 Å². The van der Waals surface area contributed by atoms with Crippen molar-refractivity contribution < 1.29 is 4.42 Å². The Morgan fingerprint density at radius 2 is 0.776 bits per heavy atom. The maximum absolute atomic E-state index is 6.23. The number of pyridine rings is 2. The molecule has 0 aliphatic rings. The van der Waals surface area contributed by atoms with Crippen LogP contribution in [0.2, 0.25) is 0 Å². The lowest BCUT2D eigenvalue weighted by Gasteiger charge is -2.07. The van der Waals surface area contributed by atoms with Crippen LogP contribution in [0.3, 0.4) is 0 Å². The molecule has 230 valence electrons. The first-order valence-corrected chi connectivity index (χ1v) is 15.9. The van der Waals surface area contributed by atoms with Gasteiger partial charge in [-0.15, -0.1) is 0 Å². The van der Waals surface area contributed by atoms with Gasteiger partial charge >= 0.3 is 0 Å². The van der Waals surface area contributed by atoms with Gasteiger partial charge in [-0.25, -0.2) is 19.9 Å². The molecule has 0 aliphatic heterocycles. The van der Waals surface area contributed by atoms with Crippen molar-refractivity contribution in [3.05, 3.63) is 158 Å². The van der Waals surface area contributed by atoms with Gasteiger partial charge in [0, 0.05) is 46.7 Å². The lowest BCUT2D eigenvalue weighted by Crippen LogP contribution is -1.94. The van der Waals surface area contributed by atoms with Gasteiger partial charge in [0.05, 0.1) is 22.8 Å². The molecule has 7 nitrogen and oxygen atoms in total. The summed E-state index contributed by atoms with van der Waals surface area (Å²) in [5.74, 6) is 1.22. The third-order valence-electron chi connectivity index (χ3n) is 8.56. The Morgan fingerprint density at radius 3 is 1.24 bits per heavy atom. The van der Waals surface area contributed by atoms with E-state index in [4.69, 9.17) is 14.4 Å². The van der Waals surface area contributed by atoms with Gasteiger partial charge < -0.3 is 4.42 Å². The highest BCUT2D eigenvalue weighted by Crippen LogP contribution is 2.35. The summed E-state index contributed by atoms with van der Waals surface area (Å²) in [5, 5.41) is 1.92. The Morgan fingerprint density at radius 1 is 0.327 bits per heavy atom. The summed E-state index contributed by atoms with van der Waals surface area (Å²) in [6.45, 7) is 0.